The van der Waals surface area contributed by atoms with Gasteiger partial charge in [-0.3, -0.25) is 9.97 Å². The number of anilines is 3. The second kappa shape index (κ2) is 8.28. The van der Waals surface area contributed by atoms with E-state index in [2.05, 4.69) is 26.3 Å². The molecule has 4 heterocycles. The first kappa shape index (κ1) is 20.0. The van der Waals surface area contributed by atoms with E-state index in [1.165, 1.54) is 0 Å². The molecular formula is C25H23N5O2. The molecule has 7 nitrogen and oxygen atoms in total. The van der Waals surface area contributed by atoms with Crippen LogP contribution in [0.4, 0.5) is 17.1 Å². The molecule has 160 valence electrons. The van der Waals surface area contributed by atoms with E-state index in [0.717, 1.165) is 39.6 Å². The maximum atomic E-state index is 10.9. The number of aryl methyl sites for hydroxylation is 2. The molecule has 2 N–H and O–H groups in total. The molecule has 0 amide bonds. The van der Waals surface area contributed by atoms with E-state index in [1.807, 2.05) is 55.1 Å². The van der Waals surface area contributed by atoms with E-state index < -0.39 is 6.23 Å². The third-order valence-electron chi connectivity index (χ3n) is 5.39. The summed E-state index contributed by atoms with van der Waals surface area (Å²) in [6.45, 7) is 4.46. The zero-order chi connectivity index (χ0) is 22.1. The highest BCUT2D eigenvalue weighted by Gasteiger charge is 2.29. The summed E-state index contributed by atoms with van der Waals surface area (Å²) in [6, 6.07) is 17.3. The minimum Gasteiger partial charge on any atom is -0.439 e. The van der Waals surface area contributed by atoms with Crippen LogP contribution in [0.25, 0.3) is 0 Å². The van der Waals surface area contributed by atoms with E-state index in [-0.39, 0.29) is 0 Å². The SMILES string of the molecule is Cc1cc(Nc2ccc3c(c2)CN(c2ccc(Oc4ccnc(C)c4)nc2)C3O)ccn1. The molecule has 0 fully saturated rings. The van der Waals surface area contributed by atoms with Crippen LogP contribution in [0.3, 0.4) is 0 Å². The van der Waals surface area contributed by atoms with Gasteiger partial charge in [0.1, 0.15) is 5.75 Å². The Morgan fingerprint density at radius 2 is 1.69 bits per heavy atom. The summed E-state index contributed by atoms with van der Waals surface area (Å²) in [5, 5.41) is 14.3. The van der Waals surface area contributed by atoms with Gasteiger partial charge < -0.3 is 20.1 Å². The number of ether oxygens (including phenoxy) is 1. The zero-order valence-corrected chi connectivity index (χ0v) is 17.9. The van der Waals surface area contributed by atoms with Gasteiger partial charge in [-0.05, 0) is 55.8 Å². The summed E-state index contributed by atoms with van der Waals surface area (Å²) >= 11 is 0. The quantitative estimate of drug-likeness (QED) is 0.464. The van der Waals surface area contributed by atoms with Gasteiger partial charge >= 0.3 is 0 Å². The minimum absolute atomic E-state index is 0.490. The van der Waals surface area contributed by atoms with Crippen LogP contribution in [0, 0.1) is 13.8 Å². The lowest BCUT2D eigenvalue weighted by Crippen LogP contribution is -2.20. The van der Waals surface area contributed by atoms with Crippen molar-refractivity contribution >= 4 is 17.1 Å². The fraction of sp³-hybridized carbons (Fsp3) is 0.160. The lowest BCUT2D eigenvalue weighted by molar-refractivity contribution is 0.181. The van der Waals surface area contributed by atoms with Crippen molar-refractivity contribution in [2.45, 2.75) is 26.6 Å². The van der Waals surface area contributed by atoms with E-state index in [1.54, 1.807) is 30.7 Å². The molecule has 3 aromatic heterocycles. The van der Waals surface area contributed by atoms with Gasteiger partial charge in [-0.1, -0.05) is 6.07 Å². The van der Waals surface area contributed by atoms with E-state index in [0.29, 0.717) is 18.2 Å². The van der Waals surface area contributed by atoms with Gasteiger partial charge in [0.15, 0.2) is 6.23 Å². The summed E-state index contributed by atoms with van der Waals surface area (Å²) in [6.07, 6.45) is 4.48. The molecule has 32 heavy (non-hydrogen) atoms. The first-order valence-electron chi connectivity index (χ1n) is 10.4. The number of aromatic nitrogens is 3. The van der Waals surface area contributed by atoms with Crippen molar-refractivity contribution in [3.05, 3.63) is 95.7 Å². The number of hydrogen-bond acceptors (Lipinski definition) is 7. The summed E-state index contributed by atoms with van der Waals surface area (Å²) < 4.78 is 5.80. The number of pyridine rings is 3. The highest BCUT2D eigenvalue weighted by Crippen LogP contribution is 2.37. The maximum absolute atomic E-state index is 10.9. The fourth-order valence-corrected chi connectivity index (χ4v) is 3.84. The highest BCUT2D eigenvalue weighted by molar-refractivity contribution is 5.63. The Bertz CT molecular complexity index is 1260. The summed E-state index contributed by atoms with van der Waals surface area (Å²) in [4.78, 5) is 14.7. The largest absolute Gasteiger partial charge is 0.439 e. The second-order valence-corrected chi connectivity index (χ2v) is 7.82. The van der Waals surface area contributed by atoms with Gasteiger partial charge in [0.2, 0.25) is 5.88 Å². The molecule has 1 aliphatic heterocycles. The number of aliphatic hydroxyl groups is 1. The average Bonchev–Trinajstić information content (AvgIpc) is 3.10. The van der Waals surface area contributed by atoms with Gasteiger partial charge in [-0.2, -0.15) is 0 Å². The highest BCUT2D eigenvalue weighted by atomic mass is 16.5. The monoisotopic (exact) mass is 425 g/mol. The van der Waals surface area contributed by atoms with Crippen molar-refractivity contribution in [3.8, 4) is 11.6 Å². The molecule has 1 atom stereocenters. The summed E-state index contributed by atoms with van der Waals surface area (Å²) in [5.41, 5.74) is 6.58. The van der Waals surface area contributed by atoms with Crippen molar-refractivity contribution < 1.29 is 9.84 Å². The number of hydrogen-bond donors (Lipinski definition) is 2. The number of aliphatic hydroxyl groups excluding tert-OH is 1. The predicted octanol–water partition coefficient (Wildman–Crippen LogP) is 5.04. The Morgan fingerprint density at radius 1 is 0.906 bits per heavy atom. The number of nitrogens with one attached hydrogen (secondary N) is 1. The van der Waals surface area contributed by atoms with Gasteiger partial charge in [0.05, 0.1) is 11.9 Å². The zero-order valence-electron chi connectivity index (χ0n) is 17.9. The number of nitrogens with zero attached hydrogens (tertiary/aromatic N) is 4. The average molecular weight is 425 g/mol. The minimum atomic E-state index is -0.723. The molecule has 0 radical (unpaired) electrons. The van der Waals surface area contributed by atoms with Crippen molar-refractivity contribution in [3.63, 3.8) is 0 Å². The Balaban J connectivity index is 1.31. The predicted molar refractivity (Wildman–Crippen MR) is 123 cm³/mol. The van der Waals surface area contributed by atoms with E-state index in [9.17, 15) is 5.11 Å². The Kier molecular flexibility index (Phi) is 5.17. The smallest absolute Gasteiger partial charge is 0.219 e. The molecule has 1 aliphatic rings. The first-order valence-corrected chi connectivity index (χ1v) is 10.4. The van der Waals surface area contributed by atoms with Crippen molar-refractivity contribution in [1.29, 1.82) is 0 Å². The lowest BCUT2D eigenvalue weighted by atomic mass is 10.1. The van der Waals surface area contributed by atoms with Crippen LogP contribution in [0.15, 0.2) is 73.2 Å². The molecule has 7 heteroatoms. The van der Waals surface area contributed by atoms with Crippen LogP contribution in [-0.4, -0.2) is 20.1 Å². The fourth-order valence-electron chi connectivity index (χ4n) is 3.84. The van der Waals surface area contributed by atoms with Gasteiger partial charge in [0.25, 0.3) is 0 Å². The molecule has 0 saturated heterocycles. The van der Waals surface area contributed by atoms with Crippen LogP contribution in [-0.2, 0) is 6.54 Å². The molecule has 0 spiro atoms. The normalized spacial score (nSPS) is 14.8. The van der Waals surface area contributed by atoms with E-state index in [4.69, 9.17) is 4.74 Å². The summed E-state index contributed by atoms with van der Waals surface area (Å²) in [5.74, 6) is 1.18. The lowest BCUT2D eigenvalue weighted by Gasteiger charge is -2.22. The Hall–Kier alpha value is -3.97. The molecule has 4 aromatic rings. The van der Waals surface area contributed by atoms with Crippen LogP contribution >= 0.6 is 0 Å². The van der Waals surface area contributed by atoms with E-state index >= 15 is 0 Å². The van der Waals surface area contributed by atoms with Crippen molar-refractivity contribution in [2.24, 2.45) is 0 Å². The second-order valence-electron chi connectivity index (χ2n) is 7.82. The summed E-state index contributed by atoms with van der Waals surface area (Å²) in [7, 11) is 0. The standard InChI is InChI=1S/C25H23N5O2/c1-16-11-20(7-9-26-16)29-19-3-5-23-18(13-19)15-30(25(23)31)21-4-6-24(28-14-21)32-22-8-10-27-17(2)12-22/h3-14,25,31H,15H2,1-2H3,(H,26,29). The first-order chi connectivity index (χ1) is 15.5. The number of benzene rings is 1. The third-order valence-corrected chi connectivity index (χ3v) is 5.39. The van der Waals surface area contributed by atoms with Gasteiger partial charge in [-0.15, -0.1) is 0 Å². The molecule has 0 saturated carbocycles. The molecule has 0 bridgehead atoms. The maximum Gasteiger partial charge on any atom is 0.219 e. The molecule has 0 aliphatic carbocycles. The topological polar surface area (TPSA) is 83.4 Å². The Labute approximate surface area is 186 Å². The molecule has 5 rings (SSSR count). The number of fused-ring (bicyclic) bond motifs is 1. The molecular weight excluding hydrogens is 402 g/mol. The van der Waals surface area contributed by atoms with Crippen molar-refractivity contribution in [2.75, 3.05) is 10.2 Å². The molecule has 1 unspecified atom stereocenters. The third kappa shape index (κ3) is 4.10. The van der Waals surface area contributed by atoms with Crippen LogP contribution in [0.5, 0.6) is 11.6 Å². The van der Waals surface area contributed by atoms with Crippen molar-refractivity contribution in [1.82, 2.24) is 15.0 Å². The molecule has 1 aromatic carbocycles. The van der Waals surface area contributed by atoms with Crippen LogP contribution < -0.4 is 15.0 Å². The van der Waals surface area contributed by atoms with Gasteiger partial charge in [-0.25, -0.2) is 4.98 Å². The van der Waals surface area contributed by atoms with Crippen LogP contribution in [0.2, 0.25) is 0 Å². The Morgan fingerprint density at radius 3 is 2.44 bits per heavy atom. The van der Waals surface area contributed by atoms with Gasteiger partial charge in [0, 0.05) is 59.4 Å². The van der Waals surface area contributed by atoms with Crippen LogP contribution in [0.1, 0.15) is 28.7 Å². The number of rotatable bonds is 5.